The third-order valence-corrected chi connectivity index (χ3v) is 9.85. The molecule has 0 amide bonds. The fourth-order valence-electron chi connectivity index (χ4n) is 5.63. The Morgan fingerprint density at radius 3 is 1.95 bits per heavy atom. The monoisotopic (exact) mass is 533 g/mol. The van der Waals surface area contributed by atoms with E-state index in [0.717, 1.165) is 11.4 Å². The number of benzene rings is 6. The SMILES string of the molecule is c1ccc(-c2cc(Nc3cccc4c3sc3ccccc34)ccc2-c2ccc3sc4ccccc4c3c2)cc1. The number of hydrogen-bond donors (Lipinski definition) is 1. The highest BCUT2D eigenvalue weighted by Crippen LogP contribution is 2.42. The second kappa shape index (κ2) is 9.09. The van der Waals surface area contributed by atoms with Crippen molar-refractivity contribution in [1.82, 2.24) is 0 Å². The van der Waals surface area contributed by atoms with Crippen molar-refractivity contribution in [2.75, 3.05) is 5.32 Å². The predicted octanol–water partition coefficient (Wildman–Crippen LogP) is 11.5. The van der Waals surface area contributed by atoms with E-state index >= 15 is 0 Å². The van der Waals surface area contributed by atoms with Gasteiger partial charge in [-0.15, -0.1) is 22.7 Å². The van der Waals surface area contributed by atoms with Crippen LogP contribution < -0.4 is 5.32 Å². The Balaban J connectivity index is 1.27. The molecule has 8 rings (SSSR count). The summed E-state index contributed by atoms with van der Waals surface area (Å²) in [5.41, 5.74) is 7.15. The molecule has 184 valence electrons. The van der Waals surface area contributed by atoms with Crippen LogP contribution in [-0.2, 0) is 0 Å². The topological polar surface area (TPSA) is 12.0 Å². The minimum Gasteiger partial charge on any atom is -0.354 e. The van der Waals surface area contributed by atoms with E-state index in [9.17, 15) is 0 Å². The molecule has 6 aromatic carbocycles. The van der Waals surface area contributed by atoms with Gasteiger partial charge in [0.2, 0.25) is 0 Å². The number of hydrogen-bond acceptors (Lipinski definition) is 3. The maximum Gasteiger partial charge on any atom is 0.0590 e. The molecule has 0 saturated carbocycles. The van der Waals surface area contributed by atoms with E-state index in [1.54, 1.807) is 0 Å². The lowest BCUT2D eigenvalue weighted by molar-refractivity contribution is 1.55. The van der Waals surface area contributed by atoms with Crippen LogP contribution in [0.25, 0.3) is 62.6 Å². The first-order valence-electron chi connectivity index (χ1n) is 13.1. The van der Waals surface area contributed by atoms with Crippen molar-refractivity contribution in [2.24, 2.45) is 0 Å². The highest BCUT2D eigenvalue weighted by Gasteiger charge is 2.13. The zero-order valence-electron chi connectivity index (χ0n) is 21.0. The van der Waals surface area contributed by atoms with Crippen LogP contribution in [0.1, 0.15) is 0 Å². The molecule has 1 nitrogen and oxygen atoms in total. The van der Waals surface area contributed by atoms with Gasteiger partial charge in [-0.2, -0.15) is 0 Å². The first-order chi connectivity index (χ1) is 19.3. The molecular weight excluding hydrogens is 511 g/mol. The Hall–Kier alpha value is -4.44. The Bertz CT molecular complexity index is 2150. The molecule has 0 aliphatic carbocycles. The zero-order chi connectivity index (χ0) is 25.8. The third-order valence-electron chi connectivity index (χ3n) is 7.48. The molecule has 0 bridgehead atoms. The first kappa shape index (κ1) is 22.5. The second-order valence-electron chi connectivity index (χ2n) is 9.84. The van der Waals surface area contributed by atoms with Crippen LogP contribution in [0, 0.1) is 0 Å². The van der Waals surface area contributed by atoms with Gasteiger partial charge in [0.05, 0.1) is 10.4 Å². The van der Waals surface area contributed by atoms with E-state index in [0.29, 0.717) is 0 Å². The van der Waals surface area contributed by atoms with Gasteiger partial charge in [-0.3, -0.25) is 0 Å². The van der Waals surface area contributed by atoms with E-state index in [-0.39, 0.29) is 0 Å². The van der Waals surface area contributed by atoms with Crippen LogP contribution >= 0.6 is 22.7 Å². The molecule has 0 fully saturated rings. The number of fused-ring (bicyclic) bond motifs is 6. The number of anilines is 2. The molecule has 8 aromatic rings. The molecule has 0 radical (unpaired) electrons. The highest BCUT2D eigenvalue weighted by molar-refractivity contribution is 7.26. The fraction of sp³-hybridized carbons (Fsp3) is 0. The van der Waals surface area contributed by atoms with Crippen LogP contribution in [-0.4, -0.2) is 0 Å². The third kappa shape index (κ3) is 3.82. The Morgan fingerprint density at radius 1 is 0.410 bits per heavy atom. The summed E-state index contributed by atoms with van der Waals surface area (Å²) in [6.07, 6.45) is 0. The predicted molar refractivity (Wildman–Crippen MR) is 173 cm³/mol. The van der Waals surface area contributed by atoms with Crippen LogP contribution in [0.3, 0.4) is 0 Å². The summed E-state index contributed by atoms with van der Waals surface area (Å²) in [7, 11) is 0. The molecule has 2 heterocycles. The van der Waals surface area contributed by atoms with Crippen molar-refractivity contribution in [3.05, 3.63) is 133 Å². The minimum atomic E-state index is 1.09. The van der Waals surface area contributed by atoms with Crippen molar-refractivity contribution in [3.8, 4) is 22.3 Å². The molecule has 0 aliphatic heterocycles. The Morgan fingerprint density at radius 2 is 1.10 bits per heavy atom. The summed E-state index contributed by atoms with van der Waals surface area (Å²) in [4.78, 5) is 0. The van der Waals surface area contributed by atoms with Gasteiger partial charge >= 0.3 is 0 Å². The molecular formula is C36H23NS2. The van der Waals surface area contributed by atoms with Gasteiger partial charge in [0, 0.05) is 41.3 Å². The summed E-state index contributed by atoms with van der Waals surface area (Å²) in [5, 5.41) is 9.03. The van der Waals surface area contributed by atoms with Crippen molar-refractivity contribution in [1.29, 1.82) is 0 Å². The van der Waals surface area contributed by atoms with Gasteiger partial charge < -0.3 is 5.32 Å². The maximum atomic E-state index is 3.76. The Labute approximate surface area is 234 Å². The molecule has 2 aromatic heterocycles. The Kier molecular flexibility index (Phi) is 5.25. The average molecular weight is 534 g/mol. The smallest absolute Gasteiger partial charge is 0.0590 e. The van der Waals surface area contributed by atoms with Gasteiger partial charge in [-0.1, -0.05) is 91.0 Å². The van der Waals surface area contributed by atoms with E-state index in [1.807, 2.05) is 22.7 Å². The molecule has 0 aliphatic rings. The lowest BCUT2D eigenvalue weighted by Crippen LogP contribution is -1.93. The maximum absolute atomic E-state index is 3.76. The quantitative estimate of drug-likeness (QED) is 0.237. The van der Waals surface area contributed by atoms with Crippen LogP contribution in [0.15, 0.2) is 133 Å². The average Bonchev–Trinajstić information content (AvgIpc) is 3.56. The van der Waals surface area contributed by atoms with Gasteiger partial charge in [-0.05, 0) is 64.7 Å². The van der Waals surface area contributed by atoms with Gasteiger partial charge in [0.25, 0.3) is 0 Å². The minimum absolute atomic E-state index is 1.09. The summed E-state index contributed by atoms with van der Waals surface area (Å²) in [6.45, 7) is 0. The molecule has 3 heteroatoms. The van der Waals surface area contributed by atoms with Crippen LogP contribution in [0.5, 0.6) is 0 Å². The first-order valence-corrected chi connectivity index (χ1v) is 14.7. The van der Waals surface area contributed by atoms with Gasteiger partial charge in [-0.25, -0.2) is 0 Å². The number of thiophene rings is 2. The molecule has 0 spiro atoms. The standard InChI is InChI=1S/C36H23NS2/c1-2-9-23(10-3-1)30-22-25(37-32-14-8-13-29-27-11-4-7-16-34(27)39-36(29)32)18-19-26(30)24-17-20-35-31(21-24)28-12-5-6-15-33(28)38-35/h1-22,37H. The molecule has 0 unspecified atom stereocenters. The largest absolute Gasteiger partial charge is 0.354 e. The lowest BCUT2D eigenvalue weighted by atomic mass is 9.93. The van der Waals surface area contributed by atoms with E-state index < -0.39 is 0 Å². The summed E-state index contributed by atoms with van der Waals surface area (Å²) in [5.74, 6) is 0. The fourth-order valence-corrected chi connectivity index (χ4v) is 7.88. The van der Waals surface area contributed by atoms with E-state index in [1.165, 1.54) is 62.6 Å². The summed E-state index contributed by atoms with van der Waals surface area (Å²) < 4.78 is 5.27. The van der Waals surface area contributed by atoms with Crippen molar-refractivity contribution < 1.29 is 0 Å². The van der Waals surface area contributed by atoms with Crippen LogP contribution in [0.2, 0.25) is 0 Å². The van der Waals surface area contributed by atoms with Crippen molar-refractivity contribution >= 4 is 74.4 Å². The van der Waals surface area contributed by atoms with Crippen molar-refractivity contribution in [3.63, 3.8) is 0 Å². The molecule has 39 heavy (non-hydrogen) atoms. The summed E-state index contributed by atoms with van der Waals surface area (Å²) in [6, 6.07) is 48.3. The van der Waals surface area contributed by atoms with Crippen molar-refractivity contribution in [2.45, 2.75) is 0 Å². The second-order valence-corrected chi connectivity index (χ2v) is 12.0. The molecule has 0 saturated heterocycles. The van der Waals surface area contributed by atoms with E-state index in [2.05, 4.69) is 139 Å². The lowest BCUT2D eigenvalue weighted by Gasteiger charge is -2.15. The van der Waals surface area contributed by atoms with Crippen LogP contribution in [0.4, 0.5) is 11.4 Å². The number of nitrogens with one attached hydrogen (secondary N) is 1. The molecule has 1 N–H and O–H groups in total. The highest BCUT2D eigenvalue weighted by atomic mass is 32.1. The number of rotatable bonds is 4. The molecule has 0 atom stereocenters. The normalized spacial score (nSPS) is 11.6. The summed E-state index contributed by atoms with van der Waals surface area (Å²) >= 11 is 3.71. The van der Waals surface area contributed by atoms with Gasteiger partial charge in [0.15, 0.2) is 0 Å². The van der Waals surface area contributed by atoms with Gasteiger partial charge in [0.1, 0.15) is 0 Å². The van der Waals surface area contributed by atoms with E-state index in [4.69, 9.17) is 0 Å². The zero-order valence-corrected chi connectivity index (χ0v) is 22.7.